The number of H-pyrrole nitrogens is 1. The van der Waals surface area contributed by atoms with Gasteiger partial charge in [-0.3, -0.25) is 9.59 Å². The number of carbonyl (C=O) groups excluding carboxylic acids is 2. The Kier molecular flexibility index (Phi) is 1.66. The van der Waals surface area contributed by atoms with Crippen molar-refractivity contribution in [1.29, 1.82) is 0 Å². The van der Waals surface area contributed by atoms with E-state index in [1.54, 1.807) is 12.1 Å². The first-order chi connectivity index (χ1) is 6.31. The molecule has 4 heteroatoms. The summed E-state index contributed by atoms with van der Waals surface area (Å²) in [5.74, 6) is -0.535. The molecule has 13 heavy (non-hydrogen) atoms. The second-order valence-electron chi connectivity index (χ2n) is 2.58. The summed E-state index contributed by atoms with van der Waals surface area (Å²) in [4.78, 5) is 27.8. The fourth-order valence-electron chi connectivity index (χ4n) is 1.13. The van der Waals surface area contributed by atoms with Gasteiger partial charge in [-0.25, -0.2) is 4.98 Å². The Hall–Kier alpha value is -1.97. The van der Waals surface area contributed by atoms with E-state index in [0.717, 1.165) is 5.52 Å². The van der Waals surface area contributed by atoms with Crippen LogP contribution in [0, 0.1) is 0 Å². The molecule has 0 atom stereocenters. The molecule has 0 radical (unpaired) electrons. The van der Waals surface area contributed by atoms with E-state index in [9.17, 15) is 9.59 Å². The van der Waals surface area contributed by atoms with Gasteiger partial charge in [0, 0.05) is 0 Å². The highest BCUT2D eigenvalue weighted by Gasteiger charge is 2.08. The van der Waals surface area contributed by atoms with Crippen molar-refractivity contribution in [1.82, 2.24) is 9.97 Å². The minimum absolute atomic E-state index is 0.0937. The zero-order valence-corrected chi connectivity index (χ0v) is 6.65. The molecule has 0 amide bonds. The lowest BCUT2D eigenvalue weighted by Crippen LogP contribution is -2.01. The van der Waals surface area contributed by atoms with Crippen LogP contribution in [-0.4, -0.2) is 22.0 Å². The minimum Gasteiger partial charge on any atom is -0.335 e. The highest BCUT2D eigenvalue weighted by Crippen LogP contribution is 2.09. The summed E-state index contributed by atoms with van der Waals surface area (Å²) in [5, 5.41) is 0. The van der Waals surface area contributed by atoms with E-state index in [1.165, 1.54) is 0 Å². The van der Waals surface area contributed by atoms with Crippen molar-refractivity contribution in [3.05, 3.63) is 30.1 Å². The molecular weight excluding hydrogens is 168 g/mol. The summed E-state index contributed by atoms with van der Waals surface area (Å²) in [7, 11) is 0. The number of hydrogen-bond donors (Lipinski definition) is 1. The number of nitrogens with zero attached hydrogens (tertiary/aromatic N) is 1. The lowest BCUT2D eigenvalue weighted by Gasteiger charge is -1.81. The molecule has 1 heterocycles. The molecule has 1 N–H and O–H groups in total. The maximum Gasteiger partial charge on any atom is 0.260 e. The number of hydrogen-bond acceptors (Lipinski definition) is 3. The first-order valence-corrected chi connectivity index (χ1v) is 3.75. The van der Waals surface area contributed by atoms with Crippen molar-refractivity contribution in [2.75, 3.05) is 0 Å². The highest BCUT2D eigenvalue weighted by molar-refractivity contribution is 6.32. The third kappa shape index (κ3) is 1.22. The van der Waals surface area contributed by atoms with E-state index < -0.39 is 5.78 Å². The van der Waals surface area contributed by atoms with Gasteiger partial charge in [-0.05, 0) is 12.1 Å². The van der Waals surface area contributed by atoms with Gasteiger partial charge in [0.1, 0.15) is 0 Å². The summed E-state index contributed by atoms with van der Waals surface area (Å²) >= 11 is 0. The lowest BCUT2D eigenvalue weighted by molar-refractivity contribution is -0.104. The summed E-state index contributed by atoms with van der Waals surface area (Å²) in [6.07, 6.45) is 0.248. The molecule has 0 aliphatic rings. The number of nitrogens with one attached hydrogen (secondary N) is 1. The SMILES string of the molecule is O=CC(=O)c1nc2ccccc2[nH]1. The number of benzene rings is 1. The summed E-state index contributed by atoms with van der Waals surface area (Å²) in [6.45, 7) is 0. The fourth-order valence-corrected chi connectivity index (χ4v) is 1.13. The molecule has 1 aromatic heterocycles. The zero-order chi connectivity index (χ0) is 9.26. The molecule has 2 aromatic rings. The second kappa shape index (κ2) is 2.82. The highest BCUT2D eigenvalue weighted by atomic mass is 16.2. The molecule has 64 valence electrons. The normalized spacial score (nSPS) is 10.2. The number of ketones is 1. The first kappa shape index (κ1) is 7.67. The number of aromatic amines is 1. The molecule has 0 aliphatic carbocycles. The van der Waals surface area contributed by atoms with Gasteiger partial charge < -0.3 is 4.98 Å². The monoisotopic (exact) mass is 174 g/mol. The Morgan fingerprint density at radius 1 is 1.38 bits per heavy atom. The van der Waals surface area contributed by atoms with Crippen LogP contribution in [0.3, 0.4) is 0 Å². The fraction of sp³-hybridized carbons (Fsp3) is 0. The van der Waals surface area contributed by atoms with Crippen LogP contribution in [0.25, 0.3) is 11.0 Å². The summed E-state index contributed by atoms with van der Waals surface area (Å²) in [6, 6.07) is 7.21. The predicted octanol–water partition coefficient (Wildman–Crippen LogP) is 0.944. The maximum atomic E-state index is 10.9. The Morgan fingerprint density at radius 2 is 2.15 bits per heavy atom. The molecule has 0 fully saturated rings. The van der Waals surface area contributed by atoms with Gasteiger partial charge in [0.2, 0.25) is 0 Å². The van der Waals surface area contributed by atoms with Crippen LogP contribution in [0.15, 0.2) is 24.3 Å². The van der Waals surface area contributed by atoms with Crippen LogP contribution in [0.4, 0.5) is 0 Å². The average Bonchev–Trinajstić information content (AvgIpc) is 2.59. The third-order valence-electron chi connectivity index (χ3n) is 1.73. The van der Waals surface area contributed by atoms with Crippen molar-refractivity contribution in [3.8, 4) is 0 Å². The number of carbonyl (C=O) groups is 2. The van der Waals surface area contributed by atoms with Gasteiger partial charge >= 0.3 is 0 Å². The molecule has 0 spiro atoms. The van der Waals surface area contributed by atoms with Crippen LogP contribution >= 0.6 is 0 Å². The van der Waals surface area contributed by atoms with Crippen LogP contribution in [0.5, 0.6) is 0 Å². The first-order valence-electron chi connectivity index (χ1n) is 3.75. The molecule has 2 rings (SSSR count). The van der Waals surface area contributed by atoms with Gasteiger partial charge in [0.05, 0.1) is 11.0 Å². The van der Waals surface area contributed by atoms with Gasteiger partial charge in [-0.2, -0.15) is 0 Å². The Bertz CT molecular complexity index is 440. The van der Waals surface area contributed by atoms with Crippen LogP contribution in [0.2, 0.25) is 0 Å². The summed E-state index contributed by atoms with van der Waals surface area (Å²) < 4.78 is 0. The number of imidazole rings is 1. The quantitative estimate of drug-likeness (QED) is 0.418. The van der Waals surface area contributed by atoms with E-state index in [1.807, 2.05) is 12.1 Å². The number of rotatable bonds is 2. The zero-order valence-electron chi connectivity index (χ0n) is 6.65. The molecule has 0 unspecified atom stereocenters. The van der Waals surface area contributed by atoms with Crippen molar-refractivity contribution < 1.29 is 9.59 Å². The van der Waals surface area contributed by atoms with Crippen LogP contribution < -0.4 is 0 Å². The topological polar surface area (TPSA) is 62.8 Å². The van der Waals surface area contributed by atoms with Crippen LogP contribution in [0.1, 0.15) is 10.6 Å². The number of Topliss-reactive ketones (excluding diaryl/α,β-unsaturated/α-hetero) is 1. The van der Waals surface area contributed by atoms with Crippen LogP contribution in [-0.2, 0) is 4.79 Å². The Morgan fingerprint density at radius 3 is 2.85 bits per heavy atom. The standard InChI is InChI=1S/C9H6N2O2/c12-5-8(13)9-10-6-3-1-2-4-7(6)11-9/h1-5H,(H,10,11). The lowest BCUT2D eigenvalue weighted by atomic mass is 10.3. The molecule has 4 nitrogen and oxygen atoms in total. The molecule has 0 saturated carbocycles. The maximum absolute atomic E-state index is 10.9. The van der Waals surface area contributed by atoms with E-state index in [-0.39, 0.29) is 12.1 Å². The molecule has 0 saturated heterocycles. The van der Waals surface area contributed by atoms with Gasteiger partial charge in [0.25, 0.3) is 5.78 Å². The average molecular weight is 174 g/mol. The van der Waals surface area contributed by atoms with E-state index in [0.29, 0.717) is 5.52 Å². The summed E-state index contributed by atoms with van der Waals surface area (Å²) in [5.41, 5.74) is 1.44. The van der Waals surface area contributed by atoms with Gasteiger partial charge in [-0.15, -0.1) is 0 Å². The molecule has 1 aromatic carbocycles. The number of fused-ring (bicyclic) bond motifs is 1. The largest absolute Gasteiger partial charge is 0.335 e. The van der Waals surface area contributed by atoms with Crippen molar-refractivity contribution in [2.24, 2.45) is 0 Å². The van der Waals surface area contributed by atoms with E-state index in [2.05, 4.69) is 9.97 Å². The van der Waals surface area contributed by atoms with E-state index >= 15 is 0 Å². The Balaban J connectivity index is 2.62. The third-order valence-corrected chi connectivity index (χ3v) is 1.73. The van der Waals surface area contributed by atoms with Crippen molar-refractivity contribution in [3.63, 3.8) is 0 Å². The van der Waals surface area contributed by atoms with E-state index in [4.69, 9.17) is 0 Å². The molecule has 0 aliphatic heterocycles. The van der Waals surface area contributed by atoms with Gasteiger partial charge in [-0.1, -0.05) is 12.1 Å². The molecule has 0 bridgehead atoms. The van der Waals surface area contributed by atoms with Gasteiger partial charge in [0.15, 0.2) is 12.1 Å². The minimum atomic E-state index is -0.629. The van der Waals surface area contributed by atoms with Crippen molar-refractivity contribution >= 4 is 23.1 Å². The van der Waals surface area contributed by atoms with Crippen molar-refractivity contribution in [2.45, 2.75) is 0 Å². The number of para-hydroxylation sites is 2. The Labute approximate surface area is 73.6 Å². The predicted molar refractivity (Wildman–Crippen MR) is 46.5 cm³/mol. The number of aldehydes is 1. The molecular formula is C9H6N2O2. The second-order valence-corrected chi connectivity index (χ2v) is 2.58. The smallest absolute Gasteiger partial charge is 0.260 e. The number of aromatic nitrogens is 2.